The van der Waals surface area contributed by atoms with Gasteiger partial charge in [-0.1, -0.05) is 13.8 Å². The van der Waals surface area contributed by atoms with E-state index in [0.29, 0.717) is 26.4 Å². The predicted molar refractivity (Wildman–Crippen MR) is 56.5 cm³/mol. The maximum Gasteiger partial charge on any atom is 0.151 e. The third-order valence-electron chi connectivity index (χ3n) is 2.94. The molecule has 5 heteroatoms. The van der Waals surface area contributed by atoms with E-state index in [1.165, 1.54) is 0 Å². The van der Waals surface area contributed by atoms with Crippen LogP contribution in [0.4, 0.5) is 0 Å². The van der Waals surface area contributed by atoms with Gasteiger partial charge in [0.1, 0.15) is 0 Å². The van der Waals surface area contributed by atoms with Crippen molar-refractivity contribution in [1.29, 1.82) is 0 Å². The summed E-state index contributed by atoms with van der Waals surface area (Å²) in [5, 5.41) is 0. The van der Waals surface area contributed by atoms with Crippen LogP contribution in [-0.4, -0.2) is 46.4 Å². The van der Waals surface area contributed by atoms with Crippen molar-refractivity contribution in [1.82, 2.24) is 0 Å². The lowest BCUT2D eigenvalue weighted by atomic mass is 9.91. The molecule has 2 heterocycles. The minimum absolute atomic E-state index is 0.153. The highest BCUT2D eigenvalue weighted by molar-refractivity contribution is 7.91. The van der Waals surface area contributed by atoms with E-state index in [1.54, 1.807) is 0 Å². The van der Waals surface area contributed by atoms with Gasteiger partial charge in [0.05, 0.1) is 37.9 Å². The van der Waals surface area contributed by atoms with Gasteiger partial charge in [0.15, 0.2) is 9.84 Å². The first-order valence-electron chi connectivity index (χ1n) is 5.19. The molecule has 0 atom stereocenters. The molecule has 0 aliphatic carbocycles. The topological polar surface area (TPSA) is 52.6 Å². The molecule has 0 aromatic rings. The van der Waals surface area contributed by atoms with Gasteiger partial charge < -0.3 is 9.47 Å². The predicted octanol–water partition coefficient (Wildman–Crippen LogP) is 0.474. The van der Waals surface area contributed by atoms with E-state index in [9.17, 15) is 8.42 Å². The molecule has 15 heavy (non-hydrogen) atoms. The van der Waals surface area contributed by atoms with Crippen molar-refractivity contribution in [3.05, 3.63) is 0 Å². The number of ether oxygens (including phenoxy) is 2. The van der Waals surface area contributed by atoms with Crippen molar-refractivity contribution in [2.45, 2.75) is 13.8 Å². The maximum atomic E-state index is 11.9. The molecule has 0 saturated carbocycles. The summed E-state index contributed by atoms with van der Waals surface area (Å²) in [6, 6.07) is 0. The largest absolute Gasteiger partial charge is 0.380 e. The fraction of sp³-hybridized carbons (Fsp3) is 1.00. The van der Waals surface area contributed by atoms with Crippen LogP contribution in [0.1, 0.15) is 13.8 Å². The molecule has 2 rings (SSSR count). The lowest BCUT2D eigenvalue weighted by Crippen LogP contribution is -2.50. The molecule has 2 aliphatic heterocycles. The molecule has 4 nitrogen and oxygen atoms in total. The molecule has 0 spiro atoms. The minimum Gasteiger partial charge on any atom is -0.380 e. The highest BCUT2D eigenvalue weighted by Crippen LogP contribution is 2.33. The van der Waals surface area contributed by atoms with Gasteiger partial charge in [0.25, 0.3) is 0 Å². The van der Waals surface area contributed by atoms with Gasteiger partial charge in [0.2, 0.25) is 0 Å². The summed E-state index contributed by atoms with van der Waals surface area (Å²) >= 11 is 0. The van der Waals surface area contributed by atoms with E-state index in [0.717, 1.165) is 0 Å². The highest BCUT2D eigenvalue weighted by atomic mass is 32.2. The number of hydrogen-bond acceptors (Lipinski definition) is 4. The summed E-state index contributed by atoms with van der Waals surface area (Å²) in [5.74, 6) is 0.491. The Morgan fingerprint density at radius 1 is 0.933 bits per heavy atom. The second-order valence-corrected chi connectivity index (χ2v) is 7.70. The van der Waals surface area contributed by atoms with Gasteiger partial charge in [-0.25, -0.2) is 8.42 Å². The van der Waals surface area contributed by atoms with E-state index in [-0.39, 0.29) is 22.3 Å². The van der Waals surface area contributed by atoms with E-state index in [1.807, 2.05) is 13.8 Å². The van der Waals surface area contributed by atoms with Gasteiger partial charge in [-0.2, -0.15) is 0 Å². The van der Waals surface area contributed by atoms with Crippen LogP contribution in [0.25, 0.3) is 0 Å². The zero-order valence-corrected chi connectivity index (χ0v) is 10.1. The second kappa shape index (κ2) is 3.43. The maximum absolute atomic E-state index is 11.9. The summed E-state index contributed by atoms with van der Waals surface area (Å²) in [5.41, 5.74) is -0.306. The molecule has 2 fully saturated rings. The standard InChI is InChI=1S/C10H18O4S/c1-9(3-13-4-9)7-15(11,12)8-10(2)5-14-6-10/h3-8H2,1-2H3. The highest BCUT2D eigenvalue weighted by Gasteiger charge is 2.43. The van der Waals surface area contributed by atoms with Crippen LogP contribution in [0.5, 0.6) is 0 Å². The molecule has 2 saturated heterocycles. The fourth-order valence-electron chi connectivity index (χ4n) is 2.18. The monoisotopic (exact) mass is 234 g/mol. The molecule has 0 radical (unpaired) electrons. The summed E-state index contributed by atoms with van der Waals surface area (Å²) < 4.78 is 34.0. The Labute approximate surface area is 90.9 Å². The van der Waals surface area contributed by atoms with Gasteiger partial charge in [-0.05, 0) is 0 Å². The van der Waals surface area contributed by atoms with E-state index in [2.05, 4.69) is 0 Å². The van der Waals surface area contributed by atoms with Crippen molar-refractivity contribution in [3.63, 3.8) is 0 Å². The third-order valence-corrected chi connectivity index (χ3v) is 5.21. The molecule has 0 amide bonds. The number of rotatable bonds is 4. The van der Waals surface area contributed by atoms with Gasteiger partial charge >= 0.3 is 0 Å². The molecular weight excluding hydrogens is 216 g/mol. The van der Waals surface area contributed by atoms with Gasteiger partial charge in [0, 0.05) is 10.8 Å². The van der Waals surface area contributed by atoms with E-state index in [4.69, 9.17) is 9.47 Å². The van der Waals surface area contributed by atoms with Crippen molar-refractivity contribution in [2.75, 3.05) is 37.9 Å². The zero-order chi connectivity index (χ0) is 11.2. The van der Waals surface area contributed by atoms with Gasteiger partial charge in [-0.3, -0.25) is 0 Å². The quantitative estimate of drug-likeness (QED) is 0.709. The van der Waals surface area contributed by atoms with E-state index < -0.39 is 9.84 Å². The Morgan fingerprint density at radius 2 is 1.27 bits per heavy atom. The van der Waals surface area contributed by atoms with Gasteiger partial charge in [-0.15, -0.1) is 0 Å². The molecule has 0 aromatic carbocycles. The fourth-order valence-corrected chi connectivity index (χ4v) is 4.74. The van der Waals surface area contributed by atoms with Crippen LogP contribution in [-0.2, 0) is 19.3 Å². The molecule has 2 aliphatic rings. The zero-order valence-electron chi connectivity index (χ0n) is 9.28. The van der Waals surface area contributed by atoms with Crippen LogP contribution < -0.4 is 0 Å². The average Bonchev–Trinajstić information content (AvgIpc) is 1.97. The summed E-state index contributed by atoms with van der Waals surface area (Å²) in [4.78, 5) is 0. The molecular formula is C10H18O4S. The van der Waals surface area contributed by atoms with Crippen LogP contribution in [0.3, 0.4) is 0 Å². The normalized spacial score (nSPS) is 27.9. The molecule has 0 unspecified atom stereocenters. The average molecular weight is 234 g/mol. The first-order valence-corrected chi connectivity index (χ1v) is 7.01. The molecule has 0 aromatic heterocycles. The van der Waals surface area contributed by atoms with Crippen molar-refractivity contribution in [2.24, 2.45) is 10.8 Å². The minimum atomic E-state index is -2.98. The lowest BCUT2D eigenvalue weighted by Gasteiger charge is -2.41. The van der Waals surface area contributed by atoms with Crippen molar-refractivity contribution < 1.29 is 17.9 Å². The van der Waals surface area contributed by atoms with Crippen molar-refractivity contribution in [3.8, 4) is 0 Å². The first kappa shape index (κ1) is 11.4. The van der Waals surface area contributed by atoms with Crippen LogP contribution in [0.2, 0.25) is 0 Å². The number of sulfone groups is 1. The summed E-state index contributed by atoms with van der Waals surface area (Å²) in [7, 11) is -2.98. The summed E-state index contributed by atoms with van der Waals surface area (Å²) in [6.45, 7) is 6.21. The number of hydrogen-bond donors (Lipinski definition) is 0. The van der Waals surface area contributed by atoms with E-state index >= 15 is 0 Å². The lowest BCUT2D eigenvalue weighted by molar-refractivity contribution is -0.0912. The van der Waals surface area contributed by atoms with Crippen molar-refractivity contribution >= 4 is 9.84 Å². The SMILES string of the molecule is CC1(CS(=O)(=O)CC2(C)COC2)COC1. The summed E-state index contributed by atoms with van der Waals surface area (Å²) in [6.07, 6.45) is 0. The molecule has 0 N–H and O–H groups in total. The second-order valence-electron chi connectivity index (χ2n) is 5.64. The molecule has 88 valence electrons. The smallest absolute Gasteiger partial charge is 0.151 e. The van der Waals surface area contributed by atoms with Crippen LogP contribution >= 0.6 is 0 Å². The Balaban J connectivity index is 1.94. The van der Waals surface area contributed by atoms with Crippen LogP contribution in [0, 0.1) is 10.8 Å². The Hall–Kier alpha value is -0.130. The Bertz CT molecular complexity index is 310. The van der Waals surface area contributed by atoms with Crippen LogP contribution in [0.15, 0.2) is 0 Å². The first-order chi connectivity index (χ1) is 6.83. The Morgan fingerprint density at radius 3 is 1.47 bits per heavy atom. The third kappa shape index (κ3) is 2.52. The molecule has 0 bridgehead atoms. The Kier molecular flexibility index (Phi) is 2.60.